The molecule has 0 radical (unpaired) electrons. The van der Waals surface area contributed by atoms with Crippen molar-refractivity contribution in [2.45, 2.75) is 62.9 Å². The van der Waals surface area contributed by atoms with Crippen molar-refractivity contribution in [1.29, 1.82) is 0 Å². The lowest BCUT2D eigenvalue weighted by atomic mass is 9.65. The van der Waals surface area contributed by atoms with E-state index >= 15 is 0 Å². The van der Waals surface area contributed by atoms with Gasteiger partial charge in [0.1, 0.15) is 17.6 Å². The van der Waals surface area contributed by atoms with Crippen LogP contribution in [0.15, 0.2) is 60.7 Å². The summed E-state index contributed by atoms with van der Waals surface area (Å²) in [7, 11) is 0. The Labute approximate surface area is 216 Å². The second kappa shape index (κ2) is 9.91. The number of rotatable bonds is 9. The van der Waals surface area contributed by atoms with Crippen LogP contribution < -0.4 is 5.32 Å². The Morgan fingerprint density at radius 3 is 2.41 bits per heavy atom. The number of ether oxygens (including phenoxy) is 2. The zero-order valence-corrected chi connectivity index (χ0v) is 21.3. The maximum atomic E-state index is 14.3. The predicted octanol–water partition coefficient (Wildman–Crippen LogP) is 2.75. The van der Waals surface area contributed by atoms with Crippen LogP contribution in [0.1, 0.15) is 50.3 Å². The summed E-state index contributed by atoms with van der Waals surface area (Å²) in [5.41, 5.74) is -0.386. The minimum absolute atomic E-state index is 0.191. The second-order valence-electron chi connectivity index (χ2n) is 10.1. The van der Waals surface area contributed by atoms with Crippen LogP contribution in [-0.2, 0) is 30.4 Å². The summed E-state index contributed by atoms with van der Waals surface area (Å²) in [6.45, 7) is 3.79. The Kier molecular flexibility index (Phi) is 6.81. The third-order valence-electron chi connectivity index (χ3n) is 8.41. The number of carbonyl (C=O) groups is 3. The fraction of sp³-hybridized carbons (Fsp3) is 0.483. The molecular weight excluding hydrogens is 472 g/mol. The lowest BCUT2D eigenvalue weighted by molar-refractivity contribution is -0.162. The average Bonchev–Trinajstić information content (AvgIpc) is 3.53. The molecule has 5 rings (SSSR count). The summed E-state index contributed by atoms with van der Waals surface area (Å²) in [6, 6.07) is 16.9. The molecule has 0 saturated carbocycles. The number of hydrogen-bond acceptors (Lipinski definition) is 6. The molecule has 2 unspecified atom stereocenters. The molecule has 2 aromatic rings. The molecule has 37 heavy (non-hydrogen) atoms. The van der Waals surface area contributed by atoms with Gasteiger partial charge in [0.05, 0.1) is 30.8 Å². The molecule has 3 heterocycles. The van der Waals surface area contributed by atoms with Crippen molar-refractivity contribution < 1.29 is 29.0 Å². The number of hydrogen-bond donors (Lipinski definition) is 2. The third kappa shape index (κ3) is 3.94. The molecule has 0 aliphatic carbocycles. The van der Waals surface area contributed by atoms with E-state index in [0.717, 1.165) is 5.56 Å². The molecule has 2 aromatic carbocycles. The monoisotopic (exact) mass is 506 g/mol. The maximum absolute atomic E-state index is 14.3. The maximum Gasteiger partial charge on any atom is 0.312 e. The minimum Gasteiger partial charge on any atom is -0.466 e. The highest BCUT2D eigenvalue weighted by Gasteiger charge is 2.79. The summed E-state index contributed by atoms with van der Waals surface area (Å²) in [5, 5.41) is 13.5. The zero-order chi connectivity index (χ0) is 26.2. The first-order valence-corrected chi connectivity index (χ1v) is 13.1. The number of fused-ring (bicyclic) bond motifs is 1. The van der Waals surface area contributed by atoms with Gasteiger partial charge in [-0.2, -0.15) is 0 Å². The van der Waals surface area contributed by atoms with Crippen LogP contribution in [0.2, 0.25) is 0 Å². The van der Waals surface area contributed by atoms with Crippen LogP contribution in [0.4, 0.5) is 0 Å². The molecule has 3 aliphatic heterocycles. The van der Waals surface area contributed by atoms with Crippen molar-refractivity contribution >= 4 is 17.8 Å². The van der Waals surface area contributed by atoms with Gasteiger partial charge in [-0.1, -0.05) is 67.6 Å². The standard InChI is InChI=1S/C29H34N2O6/c1-3-28-15-16-29(37-28)22(23(28)27(35)36-4-2)26(34)31(21(18-32)20-13-9-6-10-14-20)24(29)25(33)30-17-19-11-7-5-8-12-19/h5-14,21-24,32H,3-4,15-18H2,1-2H3,(H,30,33)/t21-,22+,23-,24?,28+,29?/m1/s1. The van der Waals surface area contributed by atoms with E-state index in [9.17, 15) is 19.5 Å². The molecule has 2 N–H and O–H groups in total. The number of amides is 2. The molecule has 3 fully saturated rings. The first-order valence-electron chi connectivity index (χ1n) is 13.1. The van der Waals surface area contributed by atoms with Crippen LogP contribution in [0, 0.1) is 11.8 Å². The van der Waals surface area contributed by atoms with Gasteiger partial charge < -0.3 is 24.8 Å². The van der Waals surface area contributed by atoms with Crippen molar-refractivity contribution in [3.05, 3.63) is 71.8 Å². The highest BCUT2D eigenvalue weighted by Crippen LogP contribution is 2.65. The minimum atomic E-state index is -1.17. The number of carbonyl (C=O) groups excluding carboxylic acids is 3. The Bertz CT molecular complexity index is 1160. The third-order valence-corrected chi connectivity index (χ3v) is 8.41. The van der Waals surface area contributed by atoms with Gasteiger partial charge in [0.2, 0.25) is 11.8 Å². The quantitative estimate of drug-likeness (QED) is 0.507. The van der Waals surface area contributed by atoms with E-state index in [1.54, 1.807) is 6.92 Å². The Balaban J connectivity index is 1.58. The van der Waals surface area contributed by atoms with Crippen molar-refractivity contribution in [2.75, 3.05) is 13.2 Å². The lowest BCUT2D eigenvalue weighted by Crippen LogP contribution is -2.56. The highest BCUT2D eigenvalue weighted by atomic mass is 16.6. The largest absolute Gasteiger partial charge is 0.466 e. The molecule has 3 aliphatic rings. The van der Waals surface area contributed by atoms with Gasteiger partial charge >= 0.3 is 5.97 Å². The van der Waals surface area contributed by atoms with E-state index in [1.165, 1.54) is 4.90 Å². The van der Waals surface area contributed by atoms with E-state index in [1.807, 2.05) is 67.6 Å². The molecule has 2 amide bonds. The van der Waals surface area contributed by atoms with E-state index in [-0.39, 0.29) is 31.6 Å². The van der Waals surface area contributed by atoms with Gasteiger partial charge in [-0.05, 0) is 37.3 Å². The number of nitrogens with zero attached hydrogens (tertiary/aromatic N) is 1. The zero-order valence-electron chi connectivity index (χ0n) is 21.3. The molecule has 0 aromatic heterocycles. The van der Waals surface area contributed by atoms with Crippen LogP contribution in [-0.4, -0.2) is 58.2 Å². The second-order valence-corrected chi connectivity index (χ2v) is 10.1. The Morgan fingerprint density at radius 2 is 1.78 bits per heavy atom. The van der Waals surface area contributed by atoms with Gasteiger partial charge in [0.15, 0.2) is 0 Å². The van der Waals surface area contributed by atoms with E-state index < -0.39 is 41.1 Å². The van der Waals surface area contributed by atoms with Crippen molar-refractivity contribution in [1.82, 2.24) is 10.2 Å². The Morgan fingerprint density at radius 1 is 1.11 bits per heavy atom. The van der Waals surface area contributed by atoms with Gasteiger partial charge in [0, 0.05) is 6.54 Å². The SMILES string of the molecule is CCOC(=O)[C@H]1[C@H]2C(=O)N([C@H](CO)c3ccccc3)C(C(=O)NCc3ccccc3)C23CC[C@]1(CC)O3. The summed E-state index contributed by atoms with van der Waals surface area (Å²) < 4.78 is 12.1. The first kappa shape index (κ1) is 25.4. The normalized spacial score (nSPS) is 30.7. The van der Waals surface area contributed by atoms with Crippen molar-refractivity contribution in [3.8, 4) is 0 Å². The fourth-order valence-corrected chi connectivity index (χ4v) is 6.79. The molecule has 6 atom stereocenters. The first-order chi connectivity index (χ1) is 17.9. The van der Waals surface area contributed by atoms with Crippen molar-refractivity contribution in [3.63, 3.8) is 0 Å². The topological polar surface area (TPSA) is 105 Å². The van der Waals surface area contributed by atoms with Crippen molar-refractivity contribution in [2.24, 2.45) is 11.8 Å². The van der Waals surface area contributed by atoms with Crippen LogP contribution >= 0.6 is 0 Å². The van der Waals surface area contributed by atoms with E-state index in [0.29, 0.717) is 24.8 Å². The molecule has 8 nitrogen and oxygen atoms in total. The van der Waals surface area contributed by atoms with Crippen LogP contribution in [0.3, 0.4) is 0 Å². The molecule has 8 heteroatoms. The van der Waals surface area contributed by atoms with Crippen LogP contribution in [0.5, 0.6) is 0 Å². The number of benzene rings is 2. The smallest absolute Gasteiger partial charge is 0.312 e. The number of aliphatic hydroxyl groups excluding tert-OH is 1. The average molecular weight is 507 g/mol. The van der Waals surface area contributed by atoms with Gasteiger partial charge in [-0.3, -0.25) is 14.4 Å². The summed E-state index contributed by atoms with van der Waals surface area (Å²) in [4.78, 5) is 43.0. The van der Waals surface area contributed by atoms with E-state index in [2.05, 4.69) is 5.32 Å². The molecule has 3 saturated heterocycles. The summed E-state index contributed by atoms with van der Waals surface area (Å²) >= 11 is 0. The lowest BCUT2D eigenvalue weighted by Gasteiger charge is -2.37. The van der Waals surface area contributed by atoms with Gasteiger partial charge in [-0.15, -0.1) is 0 Å². The predicted molar refractivity (Wildman–Crippen MR) is 135 cm³/mol. The molecule has 2 bridgehead atoms. The number of likely N-dealkylation sites (tertiary alicyclic amines) is 1. The highest BCUT2D eigenvalue weighted by molar-refractivity contribution is 5.98. The summed E-state index contributed by atoms with van der Waals surface area (Å²) in [5.74, 6) is -2.83. The van der Waals surface area contributed by atoms with E-state index in [4.69, 9.17) is 9.47 Å². The number of esters is 1. The Hall–Kier alpha value is -3.23. The molecule has 196 valence electrons. The van der Waals surface area contributed by atoms with Crippen LogP contribution in [0.25, 0.3) is 0 Å². The van der Waals surface area contributed by atoms with Gasteiger partial charge in [0.25, 0.3) is 0 Å². The van der Waals surface area contributed by atoms with Gasteiger partial charge in [-0.25, -0.2) is 0 Å². The fourth-order valence-electron chi connectivity index (χ4n) is 6.79. The number of aliphatic hydroxyl groups is 1. The molecular formula is C29H34N2O6. The molecule has 1 spiro atoms. The number of nitrogens with one attached hydrogen (secondary N) is 1. The summed E-state index contributed by atoms with van der Waals surface area (Å²) in [6.07, 6.45) is 1.56.